The van der Waals surface area contributed by atoms with E-state index in [1.807, 2.05) is 18.2 Å². The summed E-state index contributed by atoms with van der Waals surface area (Å²) in [5.41, 5.74) is 1.09. The van der Waals surface area contributed by atoms with Crippen LogP contribution in [0.5, 0.6) is 0 Å². The van der Waals surface area contributed by atoms with Crippen molar-refractivity contribution in [1.29, 1.82) is 0 Å². The van der Waals surface area contributed by atoms with Gasteiger partial charge in [-0.1, -0.05) is 35.3 Å². The fourth-order valence-corrected chi connectivity index (χ4v) is 3.05. The first-order valence-corrected chi connectivity index (χ1v) is 7.40. The standard InChI is InChI=1S/C14H18Cl2N2/c15-13-3-1-2-10(14(13)16)8-17-11-6-7-18(9-11)12-4-5-12/h1-3,11-12,17H,4-9H2. The molecule has 4 heteroatoms. The molecule has 3 rings (SSSR count). The molecular formula is C14H18Cl2N2. The van der Waals surface area contributed by atoms with Crippen LogP contribution in [0.25, 0.3) is 0 Å². The summed E-state index contributed by atoms with van der Waals surface area (Å²) in [5.74, 6) is 0. The molecule has 1 atom stereocenters. The zero-order chi connectivity index (χ0) is 12.5. The summed E-state index contributed by atoms with van der Waals surface area (Å²) < 4.78 is 0. The van der Waals surface area contributed by atoms with Gasteiger partial charge in [0.2, 0.25) is 0 Å². The average molecular weight is 285 g/mol. The second-order valence-electron chi connectivity index (χ2n) is 5.31. The third-order valence-corrected chi connectivity index (χ3v) is 4.75. The van der Waals surface area contributed by atoms with Crippen molar-refractivity contribution in [3.05, 3.63) is 33.8 Å². The number of halogens is 2. The van der Waals surface area contributed by atoms with E-state index in [1.54, 1.807) is 0 Å². The van der Waals surface area contributed by atoms with Crippen molar-refractivity contribution in [3.63, 3.8) is 0 Å². The molecule has 0 spiro atoms. The number of likely N-dealkylation sites (tertiary alicyclic amines) is 1. The van der Waals surface area contributed by atoms with E-state index in [2.05, 4.69) is 10.2 Å². The predicted molar refractivity (Wildman–Crippen MR) is 76.3 cm³/mol. The van der Waals surface area contributed by atoms with E-state index in [1.165, 1.54) is 32.4 Å². The van der Waals surface area contributed by atoms with E-state index in [4.69, 9.17) is 23.2 Å². The molecule has 1 aromatic carbocycles. The van der Waals surface area contributed by atoms with Gasteiger partial charge in [-0.15, -0.1) is 0 Å². The summed E-state index contributed by atoms with van der Waals surface area (Å²) in [6, 6.07) is 7.30. The van der Waals surface area contributed by atoms with Crippen LogP contribution in [0, 0.1) is 0 Å². The van der Waals surface area contributed by atoms with Gasteiger partial charge in [-0.05, 0) is 30.9 Å². The highest BCUT2D eigenvalue weighted by molar-refractivity contribution is 6.42. The van der Waals surface area contributed by atoms with Crippen LogP contribution in [0.1, 0.15) is 24.8 Å². The van der Waals surface area contributed by atoms with Crippen LogP contribution in [0.2, 0.25) is 10.0 Å². The maximum absolute atomic E-state index is 6.19. The highest BCUT2D eigenvalue weighted by atomic mass is 35.5. The van der Waals surface area contributed by atoms with E-state index in [0.717, 1.165) is 18.2 Å². The monoisotopic (exact) mass is 284 g/mol. The smallest absolute Gasteiger partial charge is 0.0637 e. The van der Waals surface area contributed by atoms with Gasteiger partial charge < -0.3 is 5.32 Å². The molecule has 0 radical (unpaired) electrons. The van der Waals surface area contributed by atoms with Crippen molar-refractivity contribution < 1.29 is 0 Å². The van der Waals surface area contributed by atoms with Gasteiger partial charge in [-0.2, -0.15) is 0 Å². The normalized spacial score (nSPS) is 24.7. The van der Waals surface area contributed by atoms with Gasteiger partial charge >= 0.3 is 0 Å². The van der Waals surface area contributed by atoms with Crippen molar-refractivity contribution in [1.82, 2.24) is 10.2 Å². The number of hydrogen-bond donors (Lipinski definition) is 1. The van der Waals surface area contributed by atoms with Gasteiger partial charge in [0.15, 0.2) is 0 Å². The molecule has 1 saturated heterocycles. The Balaban J connectivity index is 1.53. The van der Waals surface area contributed by atoms with Gasteiger partial charge in [0.05, 0.1) is 10.0 Å². The maximum Gasteiger partial charge on any atom is 0.0637 e. The zero-order valence-corrected chi connectivity index (χ0v) is 11.8. The van der Waals surface area contributed by atoms with Crippen molar-refractivity contribution in [3.8, 4) is 0 Å². The minimum Gasteiger partial charge on any atom is -0.309 e. The van der Waals surface area contributed by atoms with Gasteiger partial charge in [0.25, 0.3) is 0 Å². The molecule has 2 aliphatic rings. The zero-order valence-electron chi connectivity index (χ0n) is 10.3. The Kier molecular flexibility index (Phi) is 3.81. The lowest BCUT2D eigenvalue weighted by molar-refractivity contribution is 0.317. The molecule has 18 heavy (non-hydrogen) atoms. The Morgan fingerprint density at radius 1 is 1.22 bits per heavy atom. The van der Waals surface area contributed by atoms with E-state index < -0.39 is 0 Å². The van der Waals surface area contributed by atoms with Crippen LogP contribution in [-0.4, -0.2) is 30.1 Å². The Morgan fingerprint density at radius 2 is 2.06 bits per heavy atom. The number of benzene rings is 1. The molecule has 0 amide bonds. The Labute approximate surface area is 118 Å². The van der Waals surface area contributed by atoms with E-state index in [0.29, 0.717) is 16.1 Å². The summed E-state index contributed by atoms with van der Waals surface area (Å²) >= 11 is 12.2. The molecule has 1 aromatic rings. The summed E-state index contributed by atoms with van der Waals surface area (Å²) in [7, 11) is 0. The number of nitrogens with zero attached hydrogens (tertiary/aromatic N) is 1. The van der Waals surface area contributed by atoms with Crippen molar-refractivity contribution in [2.75, 3.05) is 13.1 Å². The van der Waals surface area contributed by atoms with Crippen molar-refractivity contribution >= 4 is 23.2 Å². The summed E-state index contributed by atoms with van der Waals surface area (Å²) in [5, 5.41) is 4.92. The first-order chi connectivity index (χ1) is 8.74. The molecule has 1 unspecified atom stereocenters. The minimum absolute atomic E-state index is 0.598. The largest absolute Gasteiger partial charge is 0.309 e. The molecule has 0 aromatic heterocycles. The molecule has 0 bridgehead atoms. The molecular weight excluding hydrogens is 267 g/mol. The molecule has 1 heterocycles. The first-order valence-electron chi connectivity index (χ1n) is 6.64. The predicted octanol–water partition coefficient (Wildman–Crippen LogP) is 3.32. The van der Waals surface area contributed by atoms with E-state index >= 15 is 0 Å². The number of rotatable bonds is 4. The second-order valence-corrected chi connectivity index (χ2v) is 6.09. The SMILES string of the molecule is Clc1cccc(CNC2CCN(C3CC3)C2)c1Cl. The summed E-state index contributed by atoms with van der Waals surface area (Å²) in [4.78, 5) is 2.61. The van der Waals surface area contributed by atoms with E-state index in [9.17, 15) is 0 Å². The van der Waals surface area contributed by atoms with Gasteiger partial charge in [0, 0.05) is 31.7 Å². The Morgan fingerprint density at radius 3 is 2.83 bits per heavy atom. The van der Waals surface area contributed by atoms with Crippen molar-refractivity contribution in [2.24, 2.45) is 0 Å². The molecule has 98 valence electrons. The molecule has 1 aliphatic heterocycles. The fourth-order valence-electron chi connectivity index (χ4n) is 2.66. The number of hydrogen-bond acceptors (Lipinski definition) is 2. The first kappa shape index (κ1) is 12.7. The van der Waals surface area contributed by atoms with E-state index in [-0.39, 0.29) is 0 Å². The summed E-state index contributed by atoms with van der Waals surface area (Å²) in [6.07, 6.45) is 4.04. The highest BCUT2D eigenvalue weighted by Gasteiger charge is 2.34. The van der Waals surface area contributed by atoms with Crippen LogP contribution < -0.4 is 5.32 Å². The topological polar surface area (TPSA) is 15.3 Å². The fraction of sp³-hybridized carbons (Fsp3) is 0.571. The van der Waals surface area contributed by atoms with Gasteiger partial charge in [-0.25, -0.2) is 0 Å². The average Bonchev–Trinajstić information content (AvgIpc) is 3.11. The lowest BCUT2D eigenvalue weighted by Gasteiger charge is -2.16. The van der Waals surface area contributed by atoms with Crippen LogP contribution in [0.3, 0.4) is 0 Å². The molecule has 2 fully saturated rings. The third-order valence-electron chi connectivity index (χ3n) is 3.90. The Bertz CT molecular complexity index is 432. The number of nitrogens with one attached hydrogen (secondary N) is 1. The van der Waals surface area contributed by atoms with Crippen molar-refractivity contribution in [2.45, 2.75) is 37.9 Å². The highest BCUT2D eigenvalue weighted by Crippen LogP contribution is 2.30. The summed E-state index contributed by atoms with van der Waals surface area (Å²) in [6.45, 7) is 3.23. The maximum atomic E-state index is 6.19. The lowest BCUT2D eigenvalue weighted by Crippen LogP contribution is -2.32. The van der Waals surface area contributed by atoms with Gasteiger partial charge in [-0.3, -0.25) is 4.90 Å². The lowest BCUT2D eigenvalue weighted by atomic mass is 10.2. The second kappa shape index (κ2) is 5.38. The molecule has 1 aliphatic carbocycles. The van der Waals surface area contributed by atoms with Crippen LogP contribution in [0.4, 0.5) is 0 Å². The van der Waals surface area contributed by atoms with Crippen LogP contribution >= 0.6 is 23.2 Å². The third kappa shape index (κ3) is 2.83. The molecule has 1 N–H and O–H groups in total. The van der Waals surface area contributed by atoms with Gasteiger partial charge in [0.1, 0.15) is 0 Å². The molecule has 2 nitrogen and oxygen atoms in total. The van der Waals surface area contributed by atoms with Crippen LogP contribution in [-0.2, 0) is 6.54 Å². The minimum atomic E-state index is 0.598. The molecule has 1 saturated carbocycles. The van der Waals surface area contributed by atoms with Crippen LogP contribution in [0.15, 0.2) is 18.2 Å². The quantitative estimate of drug-likeness (QED) is 0.913. The Hall–Kier alpha value is -0.280.